The van der Waals surface area contributed by atoms with Crippen LogP contribution in [-0.4, -0.2) is 73.4 Å². The first-order chi connectivity index (χ1) is 6.80. The highest BCUT2D eigenvalue weighted by atomic mass is 32.2. The summed E-state index contributed by atoms with van der Waals surface area (Å²) in [5.74, 6) is 0. The van der Waals surface area contributed by atoms with Crippen molar-refractivity contribution in [1.29, 1.82) is 0 Å². The van der Waals surface area contributed by atoms with Gasteiger partial charge < -0.3 is 9.80 Å². The van der Waals surface area contributed by atoms with E-state index in [0.29, 0.717) is 0 Å². The molecule has 0 aromatic heterocycles. The minimum absolute atomic E-state index is 0.168. The lowest BCUT2D eigenvalue weighted by molar-refractivity contribution is 0.171. The fraction of sp³-hybridized carbons (Fsp3) is 0.857. The largest absolute Gasteiger partial charge is 0.322 e. The number of fused-ring (bicyclic) bond motifs is 1. The lowest BCUT2D eigenvalue weighted by atomic mass is 10.4. The summed E-state index contributed by atoms with van der Waals surface area (Å²) < 4.78 is 26.0. The lowest BCUT2D eigenvalue weighted by Gasteiger charge is -2.22. The van der Waals surface area contributed by atoms with E-state index in [1.165, 1.54) is 32.5 Å². The van der Waals surface area contributed by atoms with Gasteiger partial charge in [-0.05, 0) is 0 Å². The topological polar surface area (TPSA) is 64.2 Å². The molecule has 2 aliphatic heterocycles. The maximum Gasteiger partial charge on any atom is 0.322 e. The molecule has 2 atom stereocenters. The van der Waals surface area contributed by atoms with Crippen LogP contribution in [0.5, 0.6) is 0 Å². The zero-order chi connectivity index (χ0) is 11.5. The van der Waals surface area contributed by atoms with Crippen LogP contribution >= 0.6 is 0 Å². The van der Waals surface area contributed by atoms with Crippen molar-refractivity contribution < 1.29 is 13.2 Å². The van der Waals surface area contributed by atoms with Gasteiger partial charge in [0, 0.05) is 28.2 Å². The second-order valence-corrected chi connectivity index (χ2v) is 5.92. The van der Waals surface area contributed by atoms with Crippen molar-refractivity contribution in [3.8, 4) is 0 Å². The van der Waals surface area contributed by atoms with Crippen molar-refractivity contribution in [2.75, 3.05) is 28.2 Å². The Morgan fingerprint density at radius 3 is 1.60 bits per heavy atom. The first kappa shape index (κ1) is 10.7. The normalized spacial score (nSPS) is 36.4. The van der Waals surface area contributed by atoms with Crippen molar-refractivity contribution in [3.05, 3.63) is 0 Å². The molecule has 2 aliphatic rings. The summed E-state index contributed by atoms with van der Waals surface area (Å²) in [5, 5.41) is 0. The molecule has 0 bridgehead atoms. The molecule has 2 saturated heterocycles. The van der Waals surface area contributed by atoms with Gasteiger partial charge in [0.2, 0.25) is 0 Å². The van der Waals surface area contributed by atoms with Gasteiger partial charge in [0.1, 0.15) is 12.3 Å². The molecule has 2 amide bonds. The van der Waals surface area contributed by atoms with Gasteiger partial charge in [0.05, 0.1) is 0 Å². The highest BCUT2D eigenvalue weighted by Crippen LogP contribution is 2.34. The van der Waals surface area contributed by atoms with Crippen LogP contribution in [0.4, 0.5) is 4.79 Å². The molecule has 8 heteroatoms. The third kappa shape index (κ3) is 1.06. The number of urea groups is 1. The molecule has 15 heavy (non-hydrogen) atoms. The fourth-order valence-electron chi connectivity index (χ4n) is 2.21. The van der Waals surface area contributed by atoms with Crippen LogP contribution < -0.4 is 0 Å². The molecule has 7 nitrogen and oxygen atoms in total. The Bertz CT molecular complexity index is 378. The maximum absolute atomic E-state index is 11.8. The molecule has 0 aromatic rings. The van der Waals surface area contributed by atoms with Crippen LogP contribution in [0.15, 0.2) is 0 Å². The maximum atomic E-state index is 11.8. The number of amides is 2. The van der Waals surface area contributed by atoms with E-state index in [-0.39, 0.29) is 6.03 Å². The number of carbonyl (C=O) groups excluding carboxylic acids is 1. The fourth-order valence-corrected chi connectivity index (χ4v) is 3.67. The Hall–Kier alpha value is -0.860. The number of hydrogen-bond acceptors (Lipinski definition) is 3. The smallest absolute Gasteiger partial charge is 0.307 e. The van der Waals surface area contributed by atoms with Crippen molar-refractivity contribution >= 4 is 16.2 Å². The third-order valence-electron chi connectivity index (χ3n) is 3.14. The molecule has 0 aliphatic carbocycles. The Balaban J connectivity index is 2.50. The Labute approximate surface area is 89.0 Å². The van der Waals surface area contributed by atoms with E-state index in [2.05, 4.69) is 0 Å². The average Bonchev–Trinajstić information content (AvgIpc) is 2.49. The Morgan fingerprint density at radius 2 is 1.27 bits per heavy atom. The quantitative estimate of drug-likeness (QED) is 0.526. The molecule has 2 rings (SSSR count). The van der Waals surface area contributed by atoms with E-state index in [1.807, 2.05) is 0 Å². The van der Waals surface area contributed by atoms with Crippen molar-refractivity contribution in [1.82, 2.24) is 18.4 Å². The van der Waals surface area contributed by atoms with E-state index in [0.717, 1.165) is 0 Å². The lowest BCUT2D eigenvalue weighted by Crippen LogP contribution is -2.42. The number of hydrogen-bond donors (Lipinski definition) is 0. The predicted octanol–water partition coefficient (Wildman–Crippen LogP) is -1.24. The zero-order valence-electron chi connectivity index (χ0n) is 9.08. The highest BCUT2D eigenvalue weighted by Gasteiger charge is 2.57. The second-order valence-electron chi connectivity index (χ2n) is 3.87. The number of rotatable bonds is 0. The van der Waals surface area contributed by atoms with Crippen molar-refractivity contribution in [2.24, 2.45) is 0 Å². The van der Waals surface area contributed by atoms with Gasteiger partial charge in [-0.1, -0.05) is 0 Å². The molecular formula is C7H14N4O3S. The summed E-state index contributed by atoms with van der Waals surface area (Å²) in [7, 11) is 2.76. The summed E-state index contributed by atoms with van der Waals surface area (Å²) >= 11 is 0. The summed E-state index contributed by atoms with van der Waals surface area (Å²) in [4.78, 5) is 14.5. The van der Waals surface area contributed by atoms with Crippen LogP contribution in [0, 0.1) is 0 Å². The molecule has 0 spiro atoms. The molecule has 0 saturated carbocycles. The van der Waals surface area contributed by atoms with Crippen LogP contribution in [-0.2, 0) is 10.2 Å². The van der Waals surface area contributed by atoms with E-state index in [9.17, 15) is 13.2 Å². The van der Waals surface area contributed by atoms with Gasteiger partial charge in [-0.25, -0.2) is 4.79 Å². The summed E-state index contributed by atoms with van der Waals surface area (Å²) in [6, 6.07) is -0.168. The molecule has 2 fully saturated rings. The van der Waals surface area contributed by atoms with Gasteiger partial charge >= 0.3 is 6.03 Å². The van der Waals surface area contributed by atoms with Crippen LogP contribution in [0.3, 0.4) is 0 Å². The first-order valence-corrected chi connectivity index (χ1v) is 5.90. The molecule has 0 unspecified atom stereocenters. The van der Waals surface area contributed by atoms with Gasteiger partial charge in [-0.3, -0.25) is 0 Å². The minimum atomic E-state index is -3.42. The van der Waals surface area contributed by atoms with Crippen molar-refractivity contribution in [2.45, 2.75) is 12.3 Å². The monoisotopic (exact) mass is 234 g/mol. The molecule has 0 radical (unpaired) electrons. The van der Waals surface area contributed by atoms with Gasteiger partial charge in [-0.15, -0.1) is 0 Å². The molecule has 2 heterocycles. The van der Waals surface area contributed by atoms with Gasteiger partial charge in [-0.2, -0.15) is 17.0 Å². The second kappa shape index (κ2) is 2.83. The molecular weight excluding hydrogens is 220 g/mol. The highest BCUT2D eigenvalue weighted by molar-refractivity contribution is 7.87. The number of likely N-dealkylation sites (N-methyl/N-ethyl adjacent to an activating group) is 4. The Morgan fingerprint density at radius 1 is 0.933 bits per heavy atom. The first-order valence-electron chi connectivity index (χ1n) is 4.50. The Kier molecular flexibility index (Phi) is 2.01. The van der Waals surface area contributed by atoms with E-state index >= 15 is 0 Å². The van der Waals surface area contributed by atoms with Crippen LogP contribution in [0.2, 0.25) is 0 Å². The third-order valence-corrected chi connectivity index (χ3v) is 5.02. The van der Waals surface area contributed by atoms with Crippen molar-refractivity contribution in [3.63, 3.8) is 0 Å². The van der Waals surface area contributed by atoms with Crippen LogP contribution in [0.1, 0.15) is 0 Å². The summed E-state index contributed by atoms with van der Waals surface area (Å²) in [5.41, 5.74) is 0. The molecule has 0 aromatic carbocycles. The predicted molar refractivity (Wildman–Crippen MR) is 52.9 cm³/mol. The molecule has 0 N–H and O–H groups in total. The van der Waals surface area contributed by atoms with E-state index in [1.54, 1.807) is 14.1 Å². The summed E-state index contributed by atoms with van der Waals surface area (Å²) in [6.45, 7) is 0. The van der Waals surface area contributed by atoms with E-state index in [4.69, 9.17) is 0 Å². The van der Waals surface area contributed by atoms with Gasteiger partial charge in [0.25, 0.3) is 10.2 Å². The molecule has 86 valence electrons. The van der Waals surface area contributed by atoms with E-state index < -0.39 is 22.5 Å². The standard InChI is InChI=1S/C7H14N4O3S/c1-8-5-6(9(2)7(8)12)11(4)15(13,14)10(5)3/h5-6H,1-4H3/t5-,6-/m1/s1. The summed E-state index contributed by atoms with van der Waals surface area (Å²) in [6.07, 6.45) is -0.866. The number of nitrogens with zero attached hydrogens (tertiary/aromatic N) is 4. The SMILES string of the molecule is CN1C(=O)N(C)[C@H]2[C@H]1N(C)S(=O)(=O)N2C. The number of carbonyl (C=O) groups is 1. The zero-order valence-corrected chi connectivity index (χ0v) is 9.89. The van der Waals surface area contributed by atoms with Gasteiger partial charge in [0.15, 0.2) is 0 Å². The minimum Gasteiger partial charge on any atom is -0.307 e. The van der Waals surface area contributed by atoms with Crippen LogP contribution in [0.25, 0.3) is 0 Å². The average molecular weight is 234 g/mol.